The summed E-state index contributed by atoms with van der Waals surface area (Å²) in [6, 6.07) is 9.58. The number of carbonyl (C=O) groups excluding carboxylic acids is 2. The molecule has 0 aliphatic carbocycles. The smallest absolute Gasteiger partial charge is 0.252 e. The topological polar surface area (TPSA) is 80.8 Å². The zero-order valence-corrected chi connectivity index (χ0v) is 17.5. The highest BCUT2D eigenvalue weighted by atomic mass is 16.5. The molecule has 3 atom stereocenters. The monoisotopic (exact) mass is 421 g/mol. The van der Waals surface area contributed by atoms with Crippen LogP contribution in [0.4, 0.5) is 0 Å². The van der Waals surface area contributed by atoms with E-state index >= 15 is 0 Å². The van der Waals surface area contributed by atoms with Crippen molar-refractivity contribution in [3.8, 4) is 5.75 Å². The van der Waals surface area contributed by atoms with Gasteiger partial charge in [-0.2, -0.15) is 0 Å². The first-order valence-corrected chi connectivity index (χ1v) is 11.0. The molecular weight excluding hydrogens is 394 g/mol. The molecule has 7 heteroatoms. The molecule has 1 aromatic heterocycles. The van der Waals surface area contributed by atoms with Crippen LogP contribution in [0.3, 0.4) is 0 Å². The summed E-state index contributed by atoms with van der Waals surface area (Å²) in [7, 11) is 0. The van der Waals surface area contributed by atoms with Crippen molar-refractivity contribution in [3.05, 3.63) is 59.4 Å². The summed E-state index contributed by atoms with van der Waals surface area (Å²) in [5, 5.41) is 2.99. The van der Waals surface area contributed by atoms with Crippen molar-refractivity contribution in [2.75, 3.05) is 32.8 Å². The number of aryl methyl sites for hydroxylation is 1. The minimum Gasteiger partial charge on any atom is -0.493 e. The molecular formula is C24H27N3O4. The molecule has 4 heterocycles. The lowest BCUT2D eigenvalue weighted by Gasteiger charge is -2.21. The van der Waals surface area contributed by atoms with Gasteiger partial charge in [0.05, 0.1) is 31.3 Å². The highest BCUT2D eigenvalue weighted by Gasteiger charge is 2.45. The number of hydrogen-bond acceptors (Lipinski definition) is 5. The summed E-state index contributed by atoms with van der Waals surface area (Å²) in [6.07, 6.45) is 5.69. The Labute approximate surface area is 181 Å². The molecule has 2 aromatic rings. The van der Waals surface area contributed by atoms with Gasteiger partial charge in [-0.25, -0.2) is 0 Å². The van der Waals surface area contributed by atoms with E-state index in [1.54, 1.807) is 24.5 Å². The van der Waals surface area contributed by atoms with Crippen LogP contribution in [0.25, 0.3) is 0 Å². The average Bonchev–Trinajstić information content (AvgIpc) is 3.39. The van der Waals surface area contributed by atoms with E-state index in [9.17, 15) is 9.59 Å². The number of nitrogens with one attached hydrogen (secondary N) is 1. The number of amides is 2. The molecule has 2 saturated heterocycles. The molecule has 5 rings (SSSR count). The molecule has 2 amide bonds. The zero-order valence-electron chi connectivity index (χ0n) is 17.5. The van der Waals surface area contributed by atoms with Crippen LogP contribution < -0.4 is 10.1 Å². The van der Waals surface area contributed by atoms with Crippen LogP contribution in [0, 0.1) is 11.8 Å². The molecule has 7 nitrogen and oxygen atoms in total. The first-order chi connectivity index (χ1) is 15.2. The van der Waals surface area contributed by atoms with E-state index < -0.39 is 0 Å². The second kappa shape index (κ2) is 8.67. The van der Waals surface area contributed by atoms with E-state index in [2.05, 4.69) is 16.4 Å². The van der Waals surface area contributed by atoms with Gasteiger partial charge in [0.2, 0.25) is 5.91 Å². The normalized spacial score (nSPS) is 24.3. The second-order valence-corrected chi connectivity index (χ2v) is 8.62. The summed E-state index contributed by atoms with van der Waals surface area (Å²) in [5.74, 6) is 1.42. The summed E-state index contributed by atoms with van der Waals surface area (Å²) in [6.45, 7) is 3.25. The third-order valence-corrected chi connectivity index (χ3v) is 6.57. The van der Waals surface area contributed by atoms with Gasteiger partial charge in [-0.05, 0) is 42.2 Å². The van der Waals surface area contributed by atoms with Gasteiger partial charge in [-0.3, -0.25) is 14.6 Å². The lowest BCUT2D eigenvalue weighted by atomic mass is 9.93. The number of likely N-dealkylation sites (tertiary alicyclic amines) is 1. The highest BCUT2D eigenvalue weighted by Crippen LogP contribution is 2.34. The quantitative estimate of drug-likeness (QED) is 0.797. The molecule has 1 N–H and O–H groups in total. The minimum atomic E-state index is -0.126. The molecule has 31 heavy (non-hydrogen) atoms. The van der Waals surface area contributed by atoms with Gasteiger partial charge < -0.3 is 19.7 Å². The zero-order chi connectivity index (χ0) is 21.2. The third kappa shape index (κ3) is 4.28. The Morgan fingerprint density at radius 1 is 1.23 bits per heavy atom. The van der Waals surface area contributed by atoms with Crippen LogP contribution in [0.15, 0.2) is 42.7 Å². The molecule has 0 spiro atoms. The number of nitrogens with zero attached hydrogens (tertiary/aromatic N) is 2. The van der Waals surface area contributed by atoms with Crippen LogP contribution in [0.5, 0.6) is 5.75 Å². The van der Waals surface area contributed by atoms with E-state index in [1.165, 1.54) is 5.56 Å². The maximum absolute atomic E-state index is 12.9. The molecule has 0 saturated carbocycles. The molecule has 3 aliphatic heterocycles. The average molecular weight is 421 g/mol. The summed E-state index contributed by atoms with van der Waals surface area (Å²) < 4.78 is 11.6. The molecule has 2 fully saturated rings. The van der Waals surface area contributed by atoms with Gasteiger partial charge in [-0.1, -0.05) is 12.1 Å². The Hall–Kier alpha value is -2.93. The second-order valence-electron chi connectivity index (χ2n) is 8.62. The number of aromatic nitrogens is 1. The molecule has 1 aromatic carbocycles. The van der Waals surface area contributed by atoms with Crippen molar-refractivity contribution in [2.45, 2.75) is 25.4 Å². The number of benzene rings is 1. The minimum absolute atomic E-state index is 0.0566. The molecule has 162 valence electrons. The Morgan fingerprint density at radius 2 is 2.16 bits per heavy atom. The van der Waals surface area contributed by atoms with E-state index in [4.69, 9.17) is 9.47 Å². The van der Waals surface area contributed by atoms with Gasteiger partial charge in [0.15, 0.2) is 0 Å². The summed E-state index contributed by atoms with van der Waals surface area (Å²) >= 11 is 0. The van der Waals surface area contributed by atoms with Crippen LogP contribution in [0.1, 0.15) is 27.9 Å². The first kappa shape index (κ1) is 20.0. The predicted molar refractivity (Wildman–Crippen MR) is 114 cm³/mol. The van der Waals surface area contributed by atoms with Gasteiger partial charge in [-0.15, -0.1) is 0 Å². The van der Waals surface area contributed by atoms with Crippen molar-refractivity contribution in [2.24, 2.45) is 11.8 Å². The van der Waals surface area contributed by atoms with Crippen LogP contribution in [-0.4, -0.2) is 60.7 Å². The maximum Gasteiger partial charge on any atom is 0.252 e. The Balaban J connectivity index is 1.16. The lowest BCUT2D eigenvalue weighted by molar-refractivity contribution is -0.130. The largest absolute Gasteiger partial charge is 0.493 e. The van der Waals surface area contributed by atoms with E-state index in [0.29, 0.717) is 38.2 Å². The van der Waals surface area contributed by atoms with Gasteiger partial charge in [0.25, 0.3) is 5.91 Å². The van der Waals surface area contributed by atoms with Gasteiger partial charge in [0.1, 0.15) is 5.75 Å². The Morgan fingerprint density at radius 3 is 3.03 bits per heavy atom. The van der Waals surface area contributed by atoms with Crippen molar-refractivity contribution in [3.63, 3.8) is 0 Å². The van der Waals surface area contributed by atoms with Crippen molar-refractivity contribution in [1.29, 1.82) is 0 Å². The number of hydrogen-bond donors (Lipinski definition) is 1. The summed E-state index contributed by atoms with van der Waals surface area (Å²) in [4.78, 5) is 31.1. The Kier molecular flexibility index (Phi) is 5.59. The lowest BCUT2D eigenvalue weighted by Crippen LogP contribution is -2.35. The van der Waals surface area contributed by atoms with E-state index in [0.717, 1.165) is 30.8 Å². The third-order valence-electron chi connectivity index (χ3n) is 6.57. The van der Waals surface area contributed by atoms with E-state index in [1.807, 2.05) is 17.0 Å². The number of rotatable bonds is 5. The Bertz CT molecular complexity index is 965. The number of pyridine rings is 1. The molecule has 3 aliphatic rings. The van der Waals surface area contributed by atoms with Crippen molar-refractivity contribution < 1.29 is 19.1 Å². The summed E-state index contributed by atoms with van der Waals surface area (Å²) in [5.41, 5.74) is 2.78. The number of fused-ring (bicyclic) bond motifs is 2. The van der Waals surface area contributed by atoms with Crippen LogP contribution in [0.2, 0.25) is 0 Å². The molecule has 0 radical (unpaired) electrons. The maximum atomic E-state index is 12.9. The number of carbonyl (C=O) groups is 2. The van der Waals surface area contributed by atoms with Gasteiger partial charge in [0, 0.05) is 43.9 Å². The van der Waals surface area contributed by atoms with Crippen molar-refractivity contribution in [1.82, 2.24) is 15.2 Å². The fourth-order valence-electron chi connectivity index (χ4n) is 4.85. The standard InChI is InChI=1S/C24H27N3O4/c28-23(10-16-5-6-21-17(9-16)4-2-8-30-21)27-13-20-19(15-31-22(20)14-27)12-26-24(29)18-3-1-7-25-11-18/h1,3,5-7,9,11,19-20,22H,2,4,8,10,12-15H2,(H,26,29)/t19-,20-,22-/m1/s1. The molecule has 0 bridgehead atoms. The first-order valence-electron chi connectivity index (χ1n) is 11.0. The predicted octanol–water partition coefficient (Wildman–Crippen LogP) is 1.85. The number of ether oxygens (including phenoxy) is 2. The van der Waals surface area contributed by atoms with Crippen LogP contribution in [-0.2, 0) is 22.4 Å². The fourth-order valence-corrected chi connectivity index (χ4v) is 4.85. The SMILES string of the molecule is O=C(NC[C@@H]1CO[C@@H]2CN(C(=O)Cc3ccc4c(c3)CCCO4)C[C@H]12)c1cccnc1. The highest BCUT2D eigenvalue weighted by molar-refractivity contribution is 5.93. The van der Waals surface area contributed by atoms with Crippen molar-refractivity contribution >= 4 is 11.8 Å². The van der Waals surface area contributed by atoms with E-state index in [-0.39, 0.29) is 29.8 Å². The fraction of sp³-hybridized carbons (Fsp3) is 0.458. The van der Waals surface area contributed by atoms with Gasteiger partial charge >= 0.3 is 0 Å². The van der Waals surface area contributed by atoms with Crippen LogP contribution >= 0.6 is 0 Å². The molecule has 0 unspecified atom stereocenters.